The average Bonchev–Trinajstić information content (AvgIpc) is 2.78. The molecule has 1 N–H and O–H groups in total. The third-order valence-electron chi connectivity index (χ3n) is 4.74. The maximum atomic E-state index is 13.2. The summed E-state index contributed by atoms with van der Waals surface area (Å²) >= 11 is 0. The number of methoxy groups -OCH3 is 1. The van der Waals surface area contributed by atoms with Crippen molar-refractivity contribution in [3.63, 3.8) is 0 Å². The largest absolute Gasteiger partial charge is 0.480 e. The lowest BCUT2D eigenvalue weighted by Gasteiger charge is -2.27. The van der Waals surface area contributed by atoms with Gasteiger partial charge in [0.15, 0.2) is 0 Å². The van der Waals surface area contributed by atoms with Crippen molar-refractivity contribution in [3.05, 3.63) is 12.3 Å². The summed E-state index contributed by atoms with van der Waals surface area (Å²) < 4.78 is 44.1. The molecule has 0 aromatic rings. The Morgan fingerprint density at radius 1 is 0.946 bits per heavy atom. The molecule has 2 amide bonds. The van der Waals surface area contributed by atoms with Gasteiger partial charge in [-0.2, -0.15) is 0 Å². The Hall–Kier alpha value is -2.31. The first-order chi connectivity index (χ1) is 16.9. The summed E-state index contributed by atoms with van der Waals surface area (Å²) in [4.78, 5) is 47.4. The molecule has 0 aliphatic rings. The highest BCUT2D eigenvalue weighted by molar-refractivity contribution is 7.48. The fourth-order valence-electron chi connectivity index (χ4n) is 2.23. The van der Waals surface area contributed by atoms with Crippen molar-refractivity contribution >= 4 is 32.1 Å². The van der Waals surface area contributed by atoms with Crippen molar-refractivity contribution in [3.8, 4) is 0 Å². The molecule has 0 saturated carbocycles. The fraction of sp³-hybridized carbons (Fsp3) is 0.739. The third-order valence-corrected chi connectivity index (χ3v) is 6.05. The van der Waals surface area contributed by atoms with Crippen LogP contribution in [0.5, 0.6) is 0 Å². The normalized spacial score (nSPS) is 14.1. The quantitative estimate of drug-likeness (QED) is 0.0983. The van der Waals surface area contributed by atoms with Gasteiger partial charge in [-0.05, 0) is 54.9 Å². The van der Waals surface area contributed by atoms with E-state index in [1.54, 1.807) is 53.5 Å². The topological polar surface area (TPSA) is 156 Å². The SMILES string of the molecule is COC(COP(=O)(OCOC(=O)C(C)(C)C)OCOC(=O)C(C)(C)C)C[C@H](C)N(C)/C=C\C(=O)NC=O. The zero-order chi connectivity index (χ0) is 28.9. The first-order valence-corrected chi connectivity index (χ1v) is 13.0. The number of esters is 2. The second kappa shape index (κ2) is 15.8. The molecule has 0 heterocycles. The van der Waals surface area contributed by atoms with E-state index in [2.05, 4.69) is 0 Å². The smallest absolute Gasteiger partial charge is 0.437 e. The number of rotatable bonds is 16. The van der Waals surface area contributed by atoms with Gasteiger partial charge >= 0.3 is 19.8 Å². The minimum Gasteiger partial charge on any atom is -0.437 e. The van der Waals surface area contributed by atoms with Crippen LogP contribution < -0.4 is 5.32 Å². The number of imide groups is 1. The van der Waals surface area contributed by atoms with Crippen molar-refractivity contribution in [2.75, 3.05) is 34.4 Å². The van der Waals surface area contributed by atoms with Gasteiger partial charge in [-0.1, -0.05) is 0 Å². The second-order valence-electron chi connectivity index (χ2n) is 10.2. The van der Waals surface area contributed by atoms with E-state index in [-0.39, 0.29) is 19.1 Å². The van der Waals surface area contributed by atoms with Crippen LogP contribution in [0, 0.1) is 10.8 Å². The van der Waals surface area contributed by atoms with Crippen LogP contribution in [0.3, 0.4) is 0 Å². The summed E-state index contributed by atoms with van der Waals surface area (Å²) in [5, 5.41) is 1.99. The van der Waals surface area contributed by atoms with E-state index in [9.17, 15) is 23.7 Å². The maximum absolute atomic E-state index is 13.2. The molecule has 0 aromatic carbocycles. The molecule has 214 valence electrons. The van der Waals surface area contributed by atoms with Gasteiger partial charge in [0.25, 0.3) is 5.91 Å². The van der Waals surface area contributed by atoms with E-state index in [1.165, 1.54) is 19.4 Å². The average molecular weight is 553 g/mol. The zero-order valence-electron chi connectivity index (χ0n) is 23.1. The van der Waals surface area contributed by atoms with Crippen molar-refractivity contribution in [2.24, 2.45) is 10.8 Å². The molecule has 0 aromatic heterocycles. The summed E-state index contributed by atoms with van der Waals surface area (Å²) in [6.07, 6.45) is 2.73. The van der Waals surface area contributed by atoms with Crippen molar-refractivity contribution in [2.45, 2.75) is 67.0 Å². The Morgan fingerprint density at radius 3 is 1.84 bits per heavy atom. The van der Waals surface area contributed by atoms with Gasteiger partial charge < -0.3 is 19.1 Å². The third kappa shape index (κ3) is 14.9. The lowest BCUT2D eigenvalue weighted by atomic mass is 9.98. The molecule has 0 bridgehead atoms. The number of hydrogen-bond donors (Lipinski definition) is 1. The van der Waals surface area contributed by atoms with Crippen LogP contribution in [-0.4, -0.2) is 75.7 Å². The Balaban J connectivity index is 5.19. The summed E-state index contributed by atoms with van der Waals surface area (Å²) in [7, 11) is -1.21. The van der Waals surface area contributed by atoms with E-state index in [1.807, 2.05) is 12.2 Å². The molecule has 0 radical (unpaired) electrons. The molecule has 2 atom stereocenters. The molecule has 0 saturated heterocycles. The molecule has 37 heavy (non-hydrogen) atoms. The van der Waals surface area contributed by atoms with Crippen LogP contribution in [0.2, 0.25) is 0 Å². The molecular formula is C23H41N2O11P. The summed E-state index contributed by atoms with van der Waals surface area (Å²) in [6.45, 7) is 9.99. The summed E-state index contributed by atoms with van der Waals surface area (Å²) in [5.74, 6) is -1.77. The van der Waals surface area contributed by atoms with Crippen LogP contribution in [0.15, 0.2) is 12.3 Å². The monoisotopic (exact) mass is 552 g/mol. The van der Waals surface area contributed by atoms with Gasteiger partial charge in [-0.3, -0.25) is 29.0 Å². The van der Waals surface area contributed by atoms with Gasteiger partial charge in [-0.25, -0.2) is 13.6 Å². The summed E-state index contributed by atoms with van der Waals surface area (Å²) in [6, 6.07) is -0.171. The minimum atomic E-state index is -4.35. The van der Waals surface area contributed by atoms with Crippen molar-refractivity contribution in [1.29, 1.82) is 0 Å². The predicted octanol–water partition coefficient (Wildman–Crippen LogP) is 2.75. The van der Waals surface area contributed by atoms with Crippen LogP contribution in [0.1, 0.15) is 54.9 Å². The zero-order valence-corrected chi connectivity index (χ0v) is 24.0. The second-order valence-corrected chi connectivity index (χ2v) is 11.8. The first-order valence-electron chi connectivity index (χ1n) is 11.5. The molecule has 0 fully saturated rings. The molecule has 13 nitrogen and oxygen atoms in total. The Labute approximate surface area is 218 Å². The van der Waals surface area contributed by atoms with E-state index in [0.29, 0.717) is 6.42 Å². The van der Waals surface area contributed by atoms with Crippen molar-refractivity contribution in [1.82, 2.24) is 10.2 Å². The lowest BCUT2D eigenvalue weighted by Crippen LogP contribution is -2.32. The molecule has 1 unspecified atom stereocenters. The van der Waals surface area contributed by atoms with Crippen LogP contribution in [0.4, 0.5) is 0 Å². The van der Waals surface area contributed by atoms with Crippen LogP contribution in [0.25, 0.3) is 0 Å². The Bertz CT molecular complexity index is 798. The number of amides is 2. The molecule has 0 rings (SSSR count). The van der Waals surface area contributed by atoms with Crippen LogP contribution in [-0.2, 0) is 51.5 Å². The maximum Gasteiger partial charge on any atom is 0.480 e. The molecule has 14 heteroatoms. The number of nitrogens with zero attached hydrogens (tertiary/aromatic N) is 1. The highest BCUT2D eigenvalue weighted by atomic mass is 31.2. The first kappa shape index (κ1) is 34.7. The number of phosphoric acid groups is 1. The number of hydrogen-bond acceptors (Lipinski definition) is 12. The van der Waals surface area contributed by atoms with Gasteiger partial charge in [0, 0.05) is 32.5 Å². The van der Waals surface area contributed by atoms with Gasteiger partial charge in [0.1, 0.15) is 0 Å². The van der Waals surface area contributed by atoms with Gasteiger partial charge in [-0.15, -0.1) is 0 Å². The summed E-state index contributed by atoms with van der Waals surface area (Å²) in [5.41, 5.74) is -1.63. The number of phosphoric ester groups is 1. The van der Waals surface area contributed by atoms with E-state index < -0.39 is 56.2 Å². The Morgan fingerprint density at radius 2 is 1.43 bits per heavy atom. The number of carbonyl (C=O) groups excluding carboxylic acids is 4. The molecular weight excluding hydrogens is 511 g/mol. The molecule has 0 spiro atoms. The van der Waals surface area contributed by atoms with Crippen molar-refractivity contribution < 1.29 is 51.5 Å². The fourth-order valence-corrected chi connectivity index (χ4v) is 3.16. The van der Waals surface area contributed by atoms with Crippen LogP contribution >= 0.6 is 7.82 Å². The molecule has 0 aliphatic heterocycles. The van der Waals surface area contributed by atoms with E-state index in [0.717, 1.165) is 0 Å². The van der Waals surface area contributed by atoms with E-state index >= 15 is 0 Å². The Kier molecular flexibility index (Phi) is 14.8. The standard InChI is InChI=1S/C23H41N2O11P/c1-17(25(8)11-10-19(27)24-14-26)12-18(31-9)13-34-37(30,35-15-32-20(28)22(2,3)4)36-16-33-21(29)23(5,6)7/h10-11,14,17-18H,12-13,15-16H2,1-9H3,(H,24,26,27)/b11-10-/t17-,18?/m0/s1. The minimum absolute atomic E-state index is 0.171. The number of carbonyl (C=O) groups is 4. The number of ether oxygens (including phenoxy) is 3. The highest BCUT2D eigenvalue weighted by Gasteiger charge is 2.32. The highest BCUT2D eigenvalue weighted by Crippen LogP contribution is 2.49. The number of nitrogens with one attached hydrogen (secondary N) is 1. The van der Waals surface area contributed by atoms with Gasteiger partial charge in [0.2, 0.25) is 20.0 Å². The van der Waals surface area contributed by atoms with E-state index in [4.69, 9.17) is 27.8 Å². The van der Waals surface area contributed by atoms with Gasteiger partial charge in [0.05, 0.1) is 23.5 Å². The lowest BCUT2D eigenvalue weighted by molar-refractivity contribution is -0.163. The predicted molar refractivity (Wildman–Crippen MR) is 133 cm³/mol. The molecule has 0 aliphatic carbocycles.